The molecule has 0 fully saturated rings. The number of pyridine rings is 1. The standard InChI is InChI=1S/C24H23N3O5/c1-17(28)31-22(19-11-13-20(30-2)14-12-19)23(29)27-24(21-10-6-7-15-25-21)32-26-16-18-8-4-3-5-9-18/h3-16,22,24H,1-2H3,(H,27,29). The number of methoxy groups -OCH3 is 1. The highest BCUT2D eigenvalue weighted by Gasteiger charge is 2.28. The van der Waals surface area contributed by atoms with Crippen molar-refractivity contribution in [3.8, 4) is 5.75 Å². The third-order valence-corrected chi connectivity index (χ3v) is 4.34. The van der Waals surface area contributed by atoms with Crippen molar-refractivity contribution >= 4 is 18.1 Å². The maximum Gasteiger partial charge on any atom is 0.303 e. The second-order valence-corrected chi connectivity index (χ2v) is 6.66. The van der Waals surface area contributed by atoms with Crippen LogP contribution < -0.4 is 10.1 Å². The average Bonchev–Trinajstić information content (AvgIpc) is 2.83. The van der Waals surface area contributed by atoms with Crippen LogP contribution in [0.2, 0.25) is 0 Å². The molecule has 0 aliphatic carbocycles. The molecule has 8 nitrogen and oxygen atoms in total. The fraction of sp³-hybridized carbons (Fsp3) is 0.167. The summed E-state index contributed by atoms with van der Waals surface area (Å²) >= 11 is 0. The zero-order chi connectivity index (χ0) is 22.8. The molecule has 164 valence electrons. The Morgan fingerprint density at radius 1 is 1.00 bits per heavy atom. The van der Waals surface area contributed by atoms with Crippen molar-refractivity contribution in [3.63, 3.8) is 0 Å². The maximum absolute atomic E-state index is 13.1. The number of carbonyl (C=O) groups excluding carboxylic acids is 2. The highest BCUT2D eigenvalue weighted by atomic mass is 16.6. The number of amides is 1. The molecule has 1 amide bonds. The van der Waals surface area contributed by atoms with Crippen LogP contribution in [-0.2, 0) is 19.2 Å². The van der Waals surface area contributed by atoms with Gasteiger partial charge in [-0.15, -0.1) is 0 Å². The van der Waals surface area contributed by atoms with E-state index in [-0.39, 0.29) is 0 Å². The number of hydrogen-bond acceptors (Lipinski definition) is 7. The first-order chi connectivity index (χ1) is 15.6. The summed E-state index contributed by atoms with van der Waals surface area (Å²) in [5.74, 6) is -0.574. The normalized spacial score (nSPS) is 12.6. The molecule has 0 radical (unpaired) electrons. The molecule has 1 N–H and O–H groups in total. The summed E-state index contributed by atoms with van der Waals surface area (Å²) in [6, 6.07) is 21.2. The quantitative estimate of drug-likeness (QED) is 0.240. The second kappa shape index (κ2) is 11.3. The molecule has 0 bridgehead atoms. The van der Waals surface area contributed by atoms with E-state index < -0.39 is 24.2 Å². The van der Waals surface area contributed by atoms with Gasteiger partial charge in [-0.25, -0.2) is 0 Å². The summed E-state index contributed by atoms with van der Waals surface area (Å²) < 4.78 is 10.4. The van der Waals surface area contributed by atoms with E-state index in [0.717, 1.165) is 5.56 Å². The minimum Gasteiger partial charge on any atom is -0.497 e. The van der Waals surface area contributed by atoms with Crippen molar-refractivity contribution < 1.29 is 23.9 Å². The molecule has 1 aromatic heterocycles. The third-order valence-electron chi connectivity index (χ3n) is 4.34. The van der Waals surface area contributed by atoms with Crippen LogP contribution in [0.25, 0.3) is 0 Å². The number of oxime groups is 1. The molecule has 2 unspecified atom stereocenters. The Labute approximate surface area is 185 Å². The van der Waals surface area contributed by atoms with E-state index in [1.54, 1.807) is 48.7 Å². The zero-order valence-electron chi connectivity index (χ0n) is 17.7. The molecule has 32 heavy (non-hydrogen) atoms. The van der Waals surface area contributed by atoms with Gasteiger partial charge in [0.15, 0.2) is 0 Å². The molecule has 2 atom stereocenters. The van der Waals surface area contributed by atoms with Crippen molar-refractivity contribution in [1.82, 2.24) is 10.3 Å². The van der Waals surface area contributed by atoms with Gasteiger partial charge in [0, 0.05) is 18.7 Å². The smallest absolute Gasteiger partial charge is 0.303 e. The minimum absolute atomic E-state index is 0.433. The molecule has 0 saturated heterocycles. The van der Waals surface area contributed by atoms with Crippen molar-refractivity contribution in [1.29, 1.82) is 0 Å². The minimum atomic E-state index is -1.19. The van der Waals surface area contributed by atoms with Crippen LogP contribution in [0.4, 0.5) is 0 Å². The van der Waals surface area contributed by atoms with Crippen molar-refractivity contribution in [3.05, 3.63) is 95.8 Å². The molecule has 1 heterocycles. The summed E-state index contributed by atoms with van der Waals surface area (Å²) in [6.45, 7) is 1.24. The van der Waals surface area contributed by atoms with Crippen LogP contribution in [0.15, 0.2) is 84.1 Å². The van der Waals surface area contributed by atoms with Gasteiger partial charge in [0.05, 0.1) is 13.3 Å². The van der Waals surface area contributed by atoms with Crippen LogP contribution >= 0.6 is 0 Å². The molecule has 0 spiro atoms. The summed E-state index contributed by atoms with van der Waals surface area (Å²) in [5.41, 5.74) is 1.74. The fourth-order valence-corrected chi connectivity index (χ4v) is 2.80. The average molecular weight is 433 g/mol. The topological polar surface area (TPSA) is 99.1 Å². The van der Waals surface area contributed by atoms with Gasteiger partial charge in [-0.2, -0.15) is 0 Å². The number of esters is 1. The SMILES string of the molecule is COc1ccc(C(OC(C)=O)C(=O)NC(ON=Cc2ccccc2)c2ccccn2)cc1. The van der Waals surface area contributed by atoms with E-state index in [2.05, 4.69) is 15.5 Å². The second-order valence-electron chi connectivity index (χ2n) is 6.66. The number of nitrogens with zero attached hydrogens (tertiary/aromatic N) is 2. The Morgan fingerprint density at radius 3 is 2.34 bits per heavy atom. The lowest BCUT2D eigenvalue weighted by Gasteiger charge is -2.21. The van der Waals surface area contributed by atoms with Gasteiger partial charge in [0.25, 0.3) is 5.91 Å². The lowest BCUT2D eigenvalue weighted by atomic mass is 10.1. The number of nitrogens with one attached hydrogen (secondary N) is 1. The molecule has 3 rings (SSSR count). The first-order valence-electron chi connectivity index (χ1n) is 9.83. The number of ether oxygens (including phenoxy) is 2. The molecule has 3 aromatic rings. The van der Waals surface area contributed by atoms with E-state index in [9.17, 15) is 9.59 Å². The highest BCUT2D eigenvalue weighted by molar-refractivity contribution is 5.85. The summed E-state index contributed by atoms with van der Waals surface area (Å²) in [6.07, 6.45) is 0.909. The monoisotopic (exact) mass is 433 g/mol. The van der Waals surface area contributed by atoms with Gasteiger partial charge in [-0.1, -0.05) is 53.7 Å². The third kappa shape index (κ3) is 6.40. The van der Waals surface area contributed by atoms with E-state index in [0.29, 0.717) is 17.0 Å². The van der Waals surface area contributed by atoms with Gasteiger partial charge >= 0.3 is 5.97 Å². The van der Waals surface area contributed by atoms with Gasteiger partial charge in [0.2, 0.25) is 12.3 Å². The van der Waals surface area contributed by atoms with Crippen molar-refractivity contribution in [2.45, 2.75) is 19.3 Å². The Balaban J connectivity index is 1.80. The Morgan fingerprint density at radius 2 is 1.72 bits per heavy atom. The zero-order valence-corrected chi connectivity index (χ0v) is 17.7. The predicted octanol–water partition coefficient (Wildman–Crippen LogP) is 3.56. The maximum atomic E-state index is 13.1. The van der Waals surface area contributed by atoms with Gasteiger partial charge < -0.3 is 19.6 Å². The number of benzene rings is 2. The van der Waals surface area contributed by atoms with Gasteiger partial charge in [-0.3, -0.25) is 14.6 Å². The first kappa shape index (κ1) is 22.5. The molecule has 0 saturated carbocycles. The Hall–Kier alpha value is -4.20. The first-order valence-corrected chi connectivity index (χ1v) is 9.83. The molecule has 2 aromatic carbocycles. The number of aromatic nitrogens is 1. The van der Waals surface area contributed by atoms with Crippen LogP contribution in [0.3, 0.4) is 0 Å². The van der Waals surface area contributed by atoms with Crippen LogP contribution in [0.1, 0.15) is 36.1 Å². The summed E-state index contributed by atoms with van der Waals surface area (Å²) in [7, 11) is 1.54. The molecule has 0 aliphatic heterocycles. The van der Waals surface area contributed by atoms with E-state index in [1.807, 2.05) is 30.3 Å². The number of carbonyl (C=O) groups is 2. The van der Waals surface area contributed by atoms with Crippen molar-refractivity contribution in [2.24, 2.45) is 5.16 Å². The Kier molecular flexibility index (Phi) is 7.91. The van der Waals surface area contributed by atoms with E-state index >= 15 is 0 Å². The van der Waals surface area contributed by atoms with E-state index in [4.69, 9.17) is 14.3 Å². The van der Waals surface area contributed by atoms with Crippen LogP contribution in [-0.4, -0.2) is 30.2 Å². The van der Waals surface area contributed by atoms with Gasteiger partial charge in [-0.05, 0) is 29.8 Å². The lowest BCUT2D eigenvalue weighted by Crippen LogP contribution is -2.35. The summed E-state index contributed by atoms with van der Waals surface area (Å²) in [4.78, 5) is 34.5. The molecular weight excluding hydrogens is 410 g/mol. The lowest BCUT2D eigenvalue weighted by molar-refractivity contribution is -0.156. The van der Waals surface area contributed by atoms with E-state index in [1.165, 1.54) is 20.2 Å². The molecule has 8 heteroatoms. The summed E-state index contributed by atoms with van der Waals surface area (Å²) in [5, 5.41) is 6.69. The largest absolute Gasteiger partial charge is 0.497 e. The molecule has 0 aliphatic rings. The fourth-order valence-electron chi connectivity index (χ4n) is 2.80. The highest BCUT2D eigenvalue weighted by Crippen LogP contribution is 2.23. The number of rotatable bonds is 9. The predicted molar refractivity (Wildman–Crippen MR) is 118 cm³/mol. The van der Waals surface area contributed by atoms with Crippen LogP contribution in [0.5, 0.6) is 5.75 Å². The van der Waals surface area contributed by atoms with Gasteiger partial charge in [0.1, 0.15) is 11.4 Å². The van der Waals surface area contributed by atoms with Crippen LogP contribution in [0, 0.1) is 0 Å². The molecular formula is C24H23N3O5. The Bertz CT molecular complexity index is 1040. The van der Waals surface area contributed by atoms with Crippen molar-refractivity contribution in [2.75, 3.05) is 7.11 Å². The number of hydrogen-bond donors (Lipinski definition) is 1.